The number of para-hydroxylation sites is 2. The molecule has 0 unspecified atom stereocenters. The van der Waals surface area contributed by atoms with Crippen LogP contribution >= 0.6 is 0 Å². The Morgan fingerprint density at radius 3 is 1.28 bits per heavy atom. The van der Waals surface area contributed by atoms with Crippen molar-refractivity contribution in [2.45, 2.75) is 0 Å². The molecule has 0 aliphatic carbocycles. The van der Waals surface area contributed by atoms with Crippen molar-refractivity contribution in [2.24, 2.45) is 0 Å². The molecule has 7 heteroatoms. The van der Waals surface area contributed by atoms with Crippen LogP contribution in [0.2, 0.25) is 0 Å². The van der Waals surface area contributed by atoms with Gasteiger partial charge in [0.1, 0.15) is 0 Å². The predicted molar refractivity (Wildman–Crippen MR) is 168 cm³/mol. The van der Waals surface area contributed by atoms with E-state index >= 15 is 0 Å². The van der Waals surface area contributed by atoms with E-state index in [-0.39, 0.29) is 21.1 Å². The first-order valence-electron chi connectivity index (χ1n) is 13.7. The number of anilines is 4. The molecule has 0 N–H and O–H groups in total. The van der Waals surface area contributed by atoms with Crippen molar-refractivity contribution in [3.8, 4) is 0 Å². The van der Waals surface area contributed by atoms with Crippen molar-refractivity contribution in [1.29, 1.82) is 0 Å². The molecule has 43 heavy (non-hydrogen) atoms. The zero-order valence-electron chi connectivity index (χ0n) is 22.6. The van der Waals surface area contributed by atoms with Gasteiger partial charge in [-0.2, -0.15) is 0 Å². The van der Waals surface area contributed by atoms with Gasteiger partial charge in [0.05, 0.1) is 11.2 Å². The SMILES string of the molecule is [Pt+4].[c-]1c(N2C=CN(c3ccccc3)[CH-]2)ccc2oc3ccc4oc5ccc(N6C=CN(c7ccccc7)[CH-]6)[c-]c5c4c3c12. The quantitative estimate of drug-likeness (QED) is 0.168. The molecular formula is C36H22N4O2Pt. The number of hydrogen-bond acceptors (Lipinski definition) is 6. The summed E-state index contributed by atoms with van der Waals surface area (Å²) in [7, 11) is 0. The largest absolute Gasteiger partial charge is 4.00 e. The third-order valence-electron chi connectivity index (χ3n) is 7.79. The summed E-state index contributed by atoms with van der Waals surface area (Å²) in [6.07, 6.45) is 8.16. The number of benzene rings is 5. The second kappa shape index (κ2) is 10.1. The average Bonchev–Trinajstić information content (AvgIpc) is 3.85. The number of furan rings is 2. The molecule has 9 rings (SSSR count). The van der Waals surface area contributed by atoms with E-state index < -0.39 is 0 Å². The molecule has 4 heterocycles. The molecule has 0 amide bonds. The third kappa shape index (κ3) is 4.21. The van der Waals surface area contributed by atoms with Gasteiger partial charge in [0, 0.05) is 22.5 Å². The monoisotopic (exact) mass is 737 g/mol. The van der Waals surface area contributed by atoms with Gasteiger partial charge in [-0.1, -0.05) is 58.5 Å². The molecule has 2 aromatic heterocycles. The van der Waals surface area contributed by atoms with E-state index in [9.17, 15) is 0 Å². The Kier molecular flexibility index (Phi) is 6.05. The Balaban J connectivity index is 0.00000278. The zero-order chi connectivity index (χ0) is 27.6. The second-order valence-corrected chi connectivity index (χ2v) is 10.3. The molecule has 208 valence electrons. The van der Waals surface area contributed by atoms with Gasteiger partial charge in [-0.3, -0.25) is 0 Å². The van der Waals surface area contributed by atoms with Gasteiger partial charge in [-0.05, 0) is 61.2 Å². The van der Waals surface area contributed by atoms with Crippen molar-refractivity contribution < 1.29 is 29.9 Å². The number of nitrogens with zero attached hydrogens (tertiary/aromatic N) is 4. The van der Waals surface area contributed by atoms with Crippen LogP contribution in [0, 0.1) is 25.5 Å². The average molecular weight is 738 g/mol. The van der Waals surface area contributed by atoms with E-state index in [0.29, 0.717) is 0 Å². The summed E-state index contributed by atoms with van der Waals surface area (Å²) in [5.41, 5.74) is 7.19. The van der Waals surface area contributed by atoms with Gasteiger partial charge >= 0.3 is 21.1 Å². The summed E-state index contributed by atoms with van der Waals surface area (Å²) in [6.45, 7) is 4.11. The van der Waals surface area contributed by atoms with Crippen molar-refractivity contribution in [1.82, 2.24) is 0 Å². The molecule has 2 aliphatic heterocycles. The number of fused-ring (bicyclic) bond motifs is 7. The molecule has 7 aromatic rings. The summed E-state index contributed by atoms with van der Waals surface area (Å²) in [5.74, 6) is 0. The summed E-state index contributed by atoms with van der Waals surface area (Å²) < 4.78 is 12.6. The maximum Gasteiger partial charge on any atom is 4.00 e. The van der Waals surface area contributed by atoms with Crippen LogP contribution in [0.4, 0.5) is 22.7 Å². The smallest absolute Gasteiger partial charge is 0.511 e. The molecule has 0 spiro atoms. The molecule has 6 nitrogen and oxygen atoms in total. The predicted octanol–water partition coefficient (Wildman–Crippen LogP) is 8.92. The maximum atomic E-state index is 6.30. The summed E-state index contributed by atoms with van der Waals surface area (Å²) in [6, 6.07) is 39.8. The summed E-state index contributed by atoms with van der Waals surface area (Å²) in [4.78, 5) is 8.31. The Morgan fingerprint density at radius 2 is 0.837 bits per heavy atom. The first kappa shape index (κ1) is 25.8. The Bertz CT molecular complexity index is 2030. The van der Waals surface area contributed by atoms with Gasteiger partial charge in [0.25, 0.3) is 0 Å². The van der Waals surface area contributed by atoms with Crippen molar-refractivity contribution in [2.75, 3.05) is 19.6 Å². The minimum Gasteiger partial charge on any atom is -0.511 e. The van der Waals surface area contributed by atoms with Crippen LogP contribution in [-0.2, 0) is 21.1 Å². The maximum absolute atomic E-state index is 6.30. The minimum atomic E-state index is 0. The van der Waals surface area contributed by atoms with Crippen LogP contribution in [0.1, 0.15) is 0 Å². The fourth-order valence-corrected chi connectivity index (χ4v) is 5.75. The van der Waals surface area contributed by atoms with Crippen LogP contribution in [0.15, 0.2) is 131 Å². The van der Waals surface area contributed by atoms with Gasteiger partial charge < -0.3 is 28.4 Å². The van der Waals surface area contributed by atoms with Gasteiger partial charge in [0.2, 0.25) is 0 Å². The van der Waals surface area contributed by atoms with E-state index in [1.54, 1.807) is 0 Å². The molecule has 0 radical (unpaired) electrons. The van der Waals surface area contributed by atoms with Crippen molar-refractivity contribution in [3.63, 3.8) is 0 Å². The minimum absolute atomic E-state index is 0. The van der Waals surface area contributed by atoms with E-state index in [1.165, 1.54) is 0 Å². The molecular weight excluding hydrogens is 715 g/mol. The molecule has 0 fully saturated rings. The Hall–Kier alpha value is -4.93. The normalized spacial score (nSPS) is 14.7. The number of rotatable bonds is 4. The van der Waals surface area contributed by atoms with Crippen LogP contribution < -0.4 is 19.6 Å². The first-order valence-corrected chi connectivity index (χ1v) is 13.7. The Labute approximate surface area is 262 Å². The topological polar surface area (TPSA) is 39.2 Å². The fraction of sp³-hybridized carbons (Fsp3) is 0. The molecule has 5 aromatic carbocycles. The first-order chi connectivity index (χ1) is 20.8. The van der Waals surface area contributed by atoms with Crippen molar-refractivity contribution >= 4 is 66.6 Å². The van der Waals surface area contributed by atoms with Gasteiger partial charge in [-0.15, -0.1) is 60.5 Å². The van der Waals surface area contributed by atoms with E-state index in [1.807, 2.05) is 97.6 Å². The molecule has 0 bridgehead atoms. The molecule has 0 saturated carbocycles. The molecule has 2 aliphatic rings. The second-order valence-electron chi connectivity index (χ2n) is 10.3. The fourth-order valence-electron chi connectivity index (χ4n) is 5.75. The number of hydrogen-bond donors (Lipinski definition) is 0. The van der Waals surface area contributed by atoms with E-state index in [4.69, 9.17) is 8.83 Å². The molecule has 0 saturated heterocycles. The van der Waals surface area contributed by atoms with Crippen molar-refractivity contribution in [3.05, 3.63) is 147 Å². The van der Waals surface area contributed by atoms with E-state index in [2.05, 4.69) is 69.3 Å². The van der Waals surface area contributed by atoms with Crippen LogP contribution in [0.25, 0.3) is 43.9 Å². The van der Waals surface area contributed by atoms with E-state index in [0.717, 1.165) is 66.6 Å². The van der Waals surface area contributed by atoms with Crippen LogP contribution in [-0.4, -0.2) is 0 Å². The van der Waals surface area contributed by atoms with Crippen LogP contribution in [0.3, 0.4) is 0 Å². The summed E-state index contributed by atoms with van der Waals surface area (Å²) >= 11 is 0. The Morgan fingerprint density at radius 1 is 0.442 bits per heavy atom. The summed E-state index contributed by atoms with van der Waals surface area (Å²) in [5, 5.41) is 3.78. The van der Waals surface area contributed by atoms with Gasteiger partial charge in [0.15, 0.2) is 0 Å². The molecule has 0 atom stereocenters. The standard InChI is InChI=1S/C36H22N4O2.Pt/c1-3-7-25(8-4-1)37-17-19-39(23-37)27-11-13-31-29(21-27)35-33(41-31)15-16-34-36(35)30-22-28(12-14-32(30)42-34)40-20-18-38(24-40)26-9-5-2-6-10-26;/h1-20,23-24H;/q-4;+4. The van der Waals surface area contributed by atoms with Crippen LogP contribution in [0.5, 0.6) is 0 Å². The van der Waals surface area contributed by atoms with Gasteiger partial charge in [-0.25, -0.2) is 0 Å². The third-order valence-corrected chi connectivity index (χ3v) is 7.79. The zero-order valence-corrected chi connectivity index (χ0v) is 24.9.